The highest BCUT2D eigenvalue weighted by atomic mass is 16.4. The van der Waals surface area contributed by atoms with Gasteiger partial charge < -0.3 is 10.4 Å². The lowest BCUT2D eigenvalue weighted by atomic mass is 10.1. The topological polar surface area (TPSA) is 84.2 Å². The molecule has 110 valence electrons. The Kier molecular flexibility index (Phi) is 4.37. The number of rotatable bonds is 5. The number of aromatic nitrogens is 2. The second-order valence-electron chi connectivity index (χ2n) is 4.86. The summed E-state index contributed by atoms with van der Waals surface area (Å²) in [6, 6.07) is 5.82. The molecule has 6 heteroatoms. The molecule has 0 fully saturated rings. The molecule has 0 saturated heterocycles. The van der Waals surface area contributed by atoms with Crippen LogP contribution in [0.2, 0.25) is 0 Å². The van der Waals surface area contributed by atoms with Crippen LogP contribution in [-0.2, 0) is 11.3 Å². The van der Waals surface area contributed by atoms with E-state index in [0.29, 0.717) is 6.54 Å². The van der Waals surface area contributed by atoms with Crippen LogP contribution in [-0.4, -0.2) is 26.8 Å². The van der Waals surface area contributed by atoms with Gasteiger partial charge in [0.15, 0.2) is 0 Å². The van der Waals surface area contributed by atoms with Crippen LogP contribution >= 0.6 is 0 Å². The molecular formula is C15H17N3O3. The Bertz CT molecular complexity index is 656. The number of carbonyl (C=O) groups excluding carboxylic acids is 1. The maximum Gasteiger partial charge on any atom is 0.338 e. The van der Waals surface area contributed by atoms with Gasteiger partial charge in [-0.25, -0.2) is 4.79 Å². The van der Waals surface area contributed by atoms with Crippen molar-refractivity contribution in [3.05, 3.63) is 47.3 Å². The monoisotopic (exact) mass is 287 g/mol. The molecule has 0 unspecified atom stereocenters. The molecule has 0 bridgehead atoms. The Balaban J connectivity index is 1.94. The third-order valence-electron chi connectivity index (χ3n) is 3.19. The van der Waals surface area contributed by atoms with E-state index >= 15 is 0 Å². The fourth-order valence-corrected chi connectivity index (χ4v) is 2.03. The van der Waals surface area contributed by atoms with Crippen molar-refractivity contribution in [2.45, 2.75) is 26.8 Å². The van der Waals surface area contributed by atoms with Gasteiger partial charge in [-0.1, -0.05) is 18.2 Å². The predicted octanol–water partition coefficient (Wildman–Crippen LogP) is 2.23. The summed E-state index contributed by atoms with van der Waals surface area (Å²) < 4.78 is 1.45. The molecule has 0 spiro atoms. The Hall–Kier alpha value is -2.63. The summed E-state index contributed by atoms with van der Waals surface area (Å²) in [6.45, 7) is 4.22. The molecule has 0 aliphatic heterocycles. The first kappa shape index (κ1) is 14.8. The Morgan fingerprint density at radius 1 is 1.29 bits per heavy atom. The molecule has 0 aliphatic rings. The molecule has 2 N–H and O–H groups in total. The molecule has 0 radical (unpaired) electrons. The van der Waals surface area contributed by atoms with Crippen LogP contribution in [0.3, 0.4) is 0 Å². The number of aromatic carboxylic acids is 1. The van der Waals surface area contributed by atoms with Crippen LogP contribution in [0.1, 0.15) is 27.9 Å². The van der Waals surface area contributed by atoms with E-state index < -0.39 is 5.97 Å². The number of nitrogens with one attached hydrogen (secondary N) is 1. The molecule has 1 aromatic carbocycles. The van der Waals surface area contributed by atoms with Gasteiger partial charge in [-0.15, -0.1) is 0 Å². The maximum atomic E-state index is 12.0. The van der Waals surface area contributed by atoms with Crippen molar-refractivity contribution in [3.63, 3.8) is 0 Å². The molecule has 1 aromatic heterocycles. The van der Waals surface area contributed by atoms with Crippen LogP contribution in [0.15, 0.2) is 30.6 Å². The SMILES string of the molecule is Cc1cccc(C)c1NC(=O)CCn1cc(C(=O)O)cn1. The summed E-state index contributed by atoms with van der Waals surface area (Å²) in [5, 5.41) is 15.6. The zero-order valence-electron chi connectivity index (χ0n) is 12.0. The summed E-state index contributed by atoms with van der Waals surface area (Å²) in [5.74, 6) is -1.15. The number of carboxylic acid groups (broad SMARTS) is 1. The zero-order valence-corrected chi connectivity index (χ0v) is 12.0. The molecule has 1 heterocycles. The smallest absolute Gasteiger partial charge is 0.338 e. The van der Waals surface area contributed by atoms with Crippen LogP contribution in [0.5, 0.6) is 0 Å². The normalized spacial score (nSPS) is 10.4. The first-order valence-electron chi connectivity index (χ1n) is 6.59. The molecule has 0 atom stereocenters. The number of aryl methyl sites for hydroxylation is 3. The lowest BCUT2D eigenvalue weighted by Crippen LogP contribution is -2.16. The van der Waals surface area contributed by atoms with Gasteiger partial charge in [-0.05, 0) is 25.0 Å². The number of anilines is 1. The standard InChI is InChI=1S/C15H17N3O3/c1-10-4-3-5-11(2)14(10)17-13(19)6-7-18-9-12(8-16-18)15(20)21/h3-5,8-9H,6-7H2,1-2H3,(H,17,19)(H,20,21). The minimum absolute atomic E-state index is 0.116. The number of nitrogens with zero attached hydrogens (tertiary/aromatic N) is 2. The van der Waals surface area contributed by atoms with Gasteiger partial charge >= 0.3 is 5.97 Å². The maximum absolute atomic E-state index is 12.0. The van der Waals surface area contributed by atoms with Crippen molar-refractivity contribution in [2.75, 3.05) is 5.32 Å². The number of carboxylic acids is 1. The largest absolute Gasteiger partial charge is 0.478 e. The fourth-order valence-electron chi connectivity index (χ4n) is 2.03. The molecule has 2 rings (SSSR count). The summed E-state index contributed by atoms with van der Waals surface area (Å²) in [7, 11) is 0. The Morgan fingerprint density at radius 2 is 1.95 bits per heavy atom. The first-order chi connectivity index (χ1) is 9.97. The molecule has 21 heavy (non-hydrogen) atoms. The minimum atomic E-state index is -1.03. The van der Waals surface area contributed by atoms with Crippen molar-refractivity contribution < 1.29 is 14.7 Å². The van der Waals surface area contributed by atoms with Crippen molar-refractivity contribution in [1.29, 1.82) is 0 Å². The van der Waals surface area contributed by atoms with E-state index in [0.717, 1.165) is 16.8 Å². The van der Waals surface area contributed by atoms with Gasteiger partial charge in [0.25, 0.3) is 0 Å². The quantitative estimate of drug-likeness (QED) is 0.883. The number of hydrogen-bond acceptors (Lipinski definition) is 3. The summed E-state index contributed by atoms with van der Waals surface area (Å²) >= 11 is 0. The first-order valence-corrected chi connectivity index (χ1v) is 6.59. The van der Waals surface area contributed by atoms with E-state index in [4.69, 9.17) is 5.11 Å². The summed E-state index contributed by atoms with van der Waals surface area (Å²) in [4.78, 5) is 22.7. The van der Waals surface area contributed by atoms with Crippen LogP contribution in [0.25, 0.3) is 0 Å². The Morgan fingerprint density at radius 3 is 2.52 bits per heavy atom. The van der Waals surface area contributed by atoms with E-state index in [-0.39, 0.29) is 17.9 Å². The van der Waals surface area contributed by atoms with Gasteiger partial charge in [-0.2, -0.15) is 5.10 Å². The zero-order chi connectivity index (χ0) is 15.4. The van der Waals surface area contributed by atoms with Gasteiger partial charge in [0.2, 0.25) is 5.91 Å². The third-order valence-corrected chi connectivity index (χ3v) is 3.19. The average Bonchev–Trinajstić information content (AvgIpc) is 2.90. The Labute approximate surface area is 122 Å². The van der Waals surface area contributed by atoms with Gasteiger partial charge in [-0.3, -0.25) is 9.48 Å². The average molecular weight is 287 g/mol. The van der Waals surface area contributed by atoms with Gasteiger partial charge in [0.05, 0.1) is 11.8 Å². The van der Waals surface area contributed by atoms with E-state index in [1.165, 1.54) is 17.1 Å². The van der Waals surface area contributed by atoms with E-state index in [2.05, 4.69) is 10.4 Å². The molecular weight excluding hydrogens is 270 g/mol. The van der Waals surface area contributed by atoms with E-state index in [1.54, 1.807) is 0 Å². The highest BCUT2D eigenvalue weighted by Crippen LogP contribution is 2.19. The number of carbonyl (C=O) groups is 2. The number of amides is 1. The van der Waals surface area contributed by atoms with Crippen LogP contribution < -0.4 is 5.32 Å². The van der Waals surface area contributed by atoms with Gasteiger partial charge in [0.1, 0.15) is 0 Å². The summed E-state index contributed by atoms with van der Waals surface area (Å²) in [6.07, 6.45) is 2.91. The van der Waals surface area contributed by atoms with Gasteiger partial charge in [0, 0.05) is 24.8 Å². The highest BCUT2D eigenvalue weighted by molar-refractivity contribution is 5.92. The van der Waals surface area contributed by atoms with Crippen molar-refractivity contribution in [3.8, 4) is 0 Å². The van der Waals surface area contributed by atoms with E-state index in [9.17, 15) is 9.59 Å². The highest BCUT2D eigenvalue weighted by Gasteiger charge is 2.09. The van der Waals surface area contributed by atoms with Crippen molar-refractivity contribution in [2.24, 2.45) is 0 Å². The van der Waals surface area contributed by atoms with Crippen LogP contribution in [0, 0.1) is 13.8 Å². The minimum Gasteiger partial charge on any atom is -0.478 e. The lowest BCUT2D eigenvalue weighted by molar-refractivity contribution is -0.116. The van der Waals surface area contributed by atoms with E-state index in [1.807, 2.05) is 32.0 Å². The predicted molar refractivity (Wildman–Crippen MR) is 78.3 cm³/mol. The molecule has 0 aliphatic carbocycles. The second kappa shape index (κ2) is 6.21. The summed E-state index contributed by atoms with van der Waals surface area (Å²) in [5.41, 5.74) is 2.96. The van der Waals surface area contributed by atoms with Crippen LogP contribution in [0.4, 0.5) is 5.69 Å². The number of para-hydroxylation sites is 1. The molecule has 6 nitrogen and oxygen atoms in total. The molecule has 2 aromatic rings. The number of hydrogen-bond donors (Lipinski definition) is 2. The fraction of sp³-hybridized carbons (Fsp3) is 0.267. The molecule has 0 saturated carbocycles. The van der Waals surface area contributed by atoms with Crippen molar-refractivity contribution in [1.82, 2.24) is 9.78 Å². The second-order valence-corrected chi connectivity index (χ2v) is 4.86. The van der Waals surface area contributed by atoms with Crippen molar-refractivity contribution >= 4 is 17.6 Å². The molecule has 1 amide bonds. The number of benzene rings is 1. The third kappa shape index (κ3) is 3.68. The lowest BCUT2D eigenvalue weighted by Gasteiger charge is -2.11.